The third-order valence-corrected chi connectivity index (χ3v) is 7.39. The number of aromatic nitrogens is 1. The van der Waals surface area contributed by atoms with Crippen molar-refractivity contribution in [3.05, 3.63) is 65.5 Å². The quantitative estimate of drug-likeness (QED) is 0.889. The van der Waals surface area contributed by atoms with Crippen molar-refractivity contribution in [2.75, 3.05) is 0 Å². The molecule has 4 nitrogen and oxygen atoms in total. The van der Waals surface area contributed by atoms with Gasteiger partial charge in [0.1, 0.15) is 5.69 Å². The Bertz CT molecular complexity index is 882. The van der Waals surface area contributed by atoms with E-state index in [-0.39, 0.29) is 17.4 Å². The summed E-state index contributed by atoms with van der Waals surface area (Å²) in [4.78, 5) is 20.4. The molecular weight excluding hydrogens is 346 g/mol. The van der Waals surface area contributed by atoms with Gasteiger partial charge in [-0.15, -0.1) is 0 Å². The van der Waals surface area contributed by atoms with Crippen LogP contribution in [0.15, 0.2) is 48.5 Å². The van der Waals surface area contributed by atoms with Crippen LogP contribution in [0.5, 0.6) is 0 Å². The topological polar surface area (TPSA) is 45.2 Å². The van der Waals surface area contributed by atoms with Gasteiger partial charge in [-0.05, 0) is 56.7 Å². The van der Waals surface area contributed by atoms with E-state index in [0.29, 0.717) is 23.8 Å². The third-order valence-electron chi connectivity index (χ3n) is 7.39. The van der Waals surface area contributed by atoms with E-state index in [1.54, 1.807) is 0 Å². The van der Waals surface area contributed by atoms with Gasteiger partial charge in [-0.1, -0.05) is 43.3 Å². The summed E-state index contributed by atoms with van der Waals surface area (Å²) in [5.74, 6) is 0.116. The Morgan fingerprint density at radius 3 is 2.79 bits per heavy atom. The van der Waals surface area contributed by atoms with Gasteiger partial charge in [-0.2, -0.15) is 0 Å². The van der Waals surface area contributed by atoms with Gasteiger partial charge in [0.15, 0.2) is 0 Å². The molecule has 2 saturated heterocycles. The third kappa shape index (κ3) is 2.77. The van der Waals surface area contributed by atoms with Crippen LogP contribution in [0.4, 0.5) is 0 Å². The average molecular weight is 376 g/mol. The monoisotopic (exact) mass is 375 g/mol. The van der Waals surface area contributed by atoms with Gasteiger partial charge >= 0.3 is 0 Å². The maximum atomic E-state index is 13.6. The zero-order valence-electron chi connectivity index (χ0n) is 16.8. The number of hydrogen-bond donors (Lipinski definition) is 1. The van der Waals surface area contributed by atoms with Crippen molar-refractivity contribution >= 4 is 5.91 Å². The number of pyridine rings is 1. The number of fused-ring (bicyclic) bond motifs is 1. The number of likely N-dealkylation sites (tertiary alicyclic amines) is 1. The van der Waals surface area contributed by atoms with Crippen LogP contribution in [-0.4, -0.2) is 40.0 Å². The standard InChI is InChI=1S/C24H29N3O/c1-16-8-6-11-18(25-16)23(28)27-20-15-24(2)21(12-7-13-22(24)27)26-19(20)14-17-9-4-3-5-10-17/h3-6,8-11,19-22,26H,7,12-15H2,1-2H3/t19-,20-,21+,22-,24+/m0/s1. The second kappa shape index (κ2) is 6.70. The Hall–Kier alpha value is -2.20. The van der Waals surface area contributed by atoms with Gasteiger partial charge in [0, 0.05) is 35.3 Å². The summed E-state index contributed by atoms with van der Waals surface area (Å²) in [6, 6.07) is 17.8. The van der Waals surface area contributed by atoms with Crippen LogP contribution in [0.3, 0.4) is 0 Å². The molecule has 0 unspecified atom stereocenters. The molecule has 5 atom stereocenters. The first-order valence-electron chi connectivity index (χ1n) is 10.6. The van der Waals surface area contributed by atoms with Crippen molar-refractivity contribution in [2.24, 2.45) is 5.41 Å². The molecule has 1 aromatic carbocycles. The highest BCUT2D eigenvalue weighted by Gasteiger charge is 2.61. The fourth-order valence-electron chi connectivity index (χ4n) is 6.05. The van der Waals surface area contributed by atoms with Gasteiger partial charge in [-0.25, -0.2) is 4.98 Å². The Balaban J connectivity index is 1.51. The number of carbonyl (C=O) groups excluding carboxylic acids is 1. The number of piperidine rings is 1. The second-order valence-electron chi connectivity index (χ2n) is 9.12. The first kappa shape index (κ1) is 17.9. The lowest BCUT2D eigenvalue weighted by atomic mass is 9.65. The molecule has 2 aliphatic heterocycles. The molecule has 1 aliphatic carbocycles. The number of rotatable bonds is 3. The van der Waals surface area contributed by atoms with Crippen molar-refractivity contribution in [1.82, 2.24) is 15.2 Å². The Labute approximate surface area is 167 Å². The average Bonchev–Trinajstić information content (AvgIpc) is 3.01. The normalized spacial score (nSPS) is 33.7. The van der Waals surface area contributed by atoms with Gasteiger partial charge in [0.05, 0.1) is 0 Å². The predicted molar refractivity (Wildman–Crippen MR) is 110 cm³/mol. The Morgan fingerprint density at radius 2 is 2.00 bits per heavy atom. The first-order chi connectivity index (χ1) is 13.6. The number of nitrogens with zero attached hydrogens (tertiary/aromatic N) is 2. The van der Waals surface area contributed by atoms with Gasteiger partial charge < -0.3 is 10.2 Å². The fourth-order valence-corrected chi connectivity index (χ4v) is 6.05. The molecule has 2 aromatic rings. The van der Waals surface area contributed by atoms with Crippen LogP contribution in [0.1, 0.15) is 54.4 Å². The summed E-state index contributed by atoms with van der Waals surface area (Å²) < 4.78 is 0. The number of benzene rings is 1. The van der Waals surface area contributed by atoms with Crippen molar-refractivity contribution in [1.29, 1.82) is 0 Å². The van der Waals surface area contributed by atoms with Crippen molar-refractivity contribution in [2.45, 2.75) is 70.1 Å². The first-order valence-corrected chi connectivity index (χ1v) is 10.6. The van der Waals surface area contributed by atoms with E-state index in [4.69, 9.17) is 0 Å². The van der Waals surface area contributed by atoms with Crippen molar-refractivity contribution in [3.63, 3.8) is 0 Å². The molecule has 1 aromatic heterocycles. The minimum Gasteiger partial charge on any atom is -0.329 e. The summed E-state index contributed by atoms with van der Waals surface area (Å²) in [6.45, 7) is 4.36. The number of aryl methyl sites for hydroxylation is 1. The highest BCUT2D eigenvalue weighted by Crippen LogP contribution is 2.53. The largest absolute Gasteiger partial charge is 0.329 e. The molecule has 0 radical (unpaired) electrons. The van der Waals surface area contributed by atoms with E-state index in [9.17, 15) is 4.79 Å². The van der Waals surface area contributed by atoms with E-state index in [1.807, 2.05) is 25.1 Å². The number of nitrogens with one attached hydrogen (secondary N) is 1. The molecule has 0 spiro atoms. The zero-order chi connectivity index (χ0) is 19.3. The molecule has 1 saturated carbocycles. The predicted octanol–water partition coefficient (Wildman–Crippen LogP) is 3.75. The minimum absolute atomic E-state index is 0.116. The maximum absolute atomic E-state index is 13.6. The van der Waals surface area contributed by atoms with Crippen LogP contribution in [0.25, 0.3) is 0 Å². The summed E-state index contributed by atoms with van der Waals surface area (Å²) in [7, 11) is 0. The highest BCUT2D eigenvalue weighted by molar-refractivity contribution is 5.93. The van der Waals surface area contributed by atoms with Crippen molar-refractivity contribution < 1.29 is 4.79 Å². The summed E-state index contributed by atoms with van der Waals surface area (Å²) in [5.41, 5.74) is 3.01. The summed E-state index contributed by atoms with van der Waals surface area (Å²) in [5, 5.41) is 3.97. The molecule has 3 fully saturated rings. The molecule has 4 heteroatoms. The van der Waals surface area contributed by atoms with E-state index in [1.165, 1.54) is 18.4 Å². The zero-order valence-corrected chi connectivity index (χ0v) is 16.8. The van der Waals surface area contributed by atoms with Gasteiger partial charge in [0.2, 0.25) is 0 Å². The number of hydrogen-bond acceptors (Lipinski definition) is 3. The molecule has 1 amide bonds. The summed E-state index contributed by atoms with van der Waals surface area (Å²) in [6.07, 6.45) is 5.59. The van der Waals surface area contributed by atoms with Crippen LogP contribution in [0.2, 0.25) is 0 Å². The molecule has 3 heterocycles. The minimum atomic E-state index is 0.116. The molecule has 5 rings (SSSR count). The van der Waals surface area contributed by atoms with E-state index in [0.717, 1.165) is 25.0 Å². The Morgan fingerprint density at radius 1 is 1.18 bits per heavy atom. The highest BCUT2D eigenvalue weighted by atomic mass is 16.2. The smallest absolute Gasteiger partial charge is 0.273 e. The van der Waals surface area contributed by atoms with Crippen LogP contribution < -0.4 is 5.32 Å². The van der Waals surface area contributed by atoms with Crippen molar-refractivity contribution in [3.8, 4) is 0 Å². The second-order valence-corrected chi connectivity index (χ2v) is 9.12. The maximum Gasteiger partial charge on any atom is 0.273 e. The van der Waals surface area contributed by atoms with Crippen LogP contribution in [-0.2, 0) is 6.42 Å². The molecular formula is C24H29N3O. The number of carbonyl (C=O) groups is 1. The molecule has 28 heavy (non-hydrogen) atoms. The van der Waals surface area contributed by atoms with E-state index < -0.39 is 0 Å². The van der Waals surface area contributed by atoms with Gasteiger partial charge in [-0.3, -0.25) is 4.79 Å². The number of amides is 1. The molecule has 2 bridgehead atoms. The van der Waals surface area contributed by atoms with E-state index >= 15 is 0 Å². The molecule has 3 aliphatic rings. The molecule has 146 valence electrons. The summed E-state index contributed by atoms with van der Waals surface area (Å²) >= 11 is 0. The van der Waals surface area contributed by atoms with Crippen LogP contribution >= 0.6 is 0 Å². The fraction of sp³-hybridized carbons (Fsp3) is 0.500. The SMILES string of the molecule is Cc1cccc(C(=O)N2[C@H]3CCC[C@H]4N[C@@H](Cc5ccccc5)[C@@H]2C[C@@]34C)n1. The molecule has 1 N–H and O–H groups in total. The van der Waals surface area contributed by atoms with Crippen LogP contribution in [0, 0.1) is 12.3 Å². The van der Waals surface area contributed by atoms with E-state index in [2.05, 4.69) is 52.5 Å². The lowest BCUT2D eigenvalue weighted by Gasteiger charge is -2.46. The van der Waals surface area contributed by atoms with Gasteiger partial charge in [0.25, 0.3) is 5.91 Å². The lowest BCUT2D eigenvalue weighted by molar-refractivity contribution is 0.0553. The lowest BCUT2D eigenvalue weighted by Crippen LogP contribution is -2.58. The Kier molecular flexibility index (Phi) is 4.27.